The van der Waals surface area contributed by atoms with Gasteiger partial charge in [-0.25, -0.2) is 0 Å². The summed E-state index contributed by atoms with van der Waals surface area (Å²) < 4.78 is 0. The summed E-state index contributed by atoms with van der Waals surface area (Å²) in [5.41, 5.74) is 0. The molecule has 1 amide bonds. The Labute approximate surface area is 129 Å². The first-order chi connectivity index (χ1) is 8.18. The molecule has 1 N–H and O–H groups in total. The number of hydrogen-bond acceptors (Lipinski definition) is 3. The number of hydrogen-bond donors (Lipinski definition) is 1. The first-order valence-corrected chi connectivity index (χ1v) is 6.92. The van der Waals surface area contributed by atoms with E-state index in [0.29, 0.717) is 5.91 Å². The van der Waals surface area contributed by atoms with Crippen LogP contribution in [0, 0.1) is 5.92 Å². The number of carbonyl (C=O) groups excluding carboxylic acids is 1. The number of rotatable bonds is 2. The number of nitrogens with zero attached hydrogens (tertiary/aromatic N) is 2. The first kappa shape index (κ1) is 19.0. The quantitative estimate of drug-likeness (QED) is 0.837. The Bertz CT molecular complexity index is 265. The van der Waals surface area contributed by atoms with Gasteiger partial charge in [-0.05, 0) is 25.7 Å². The van der Waals surface area contributed by atoms with E-state index in [-0.39, 0.29) is 30.9 Å². The molecule has 0 spiro atoms. The molecule has 2 saturated heterocycles. The molecule has 2 rings (SSSR count). The Morgan fingerprint density at radius 2 is 1.63 bits per heavy atom. The second-order valence-electron chi connectivity index (χ2n) is 5.47. The summed E-state index contributed by atoms with van der Waals surface area (Å²) in [6.45, 7) is 10.3. The van der Waals surface area contributed by atoms with Gasteiger partial charge in [0, 0.05) is 39.3 Å². The summed E-state index contributed by atoms with van der Waals surface area (Å²) in [5.74, 6) is 1.12. The zero-order chi connectivity index (χ0) is 12.3. The van der Waals surface area contributed by atoms with Crippen LogP contribution in [0.25, 0.3) is 0 Å². The van der Waals surface area contributed by atoms with Gasteiger partial charge in [0.25, 0.3) is 0 Å². The molecule has 0 aromatic rings. The molecule has 114 valence electrons. The Balaban J connectivity index is 0.00000162. The number of halogens is 2. The van der Waals surface area contributed by atoms with Crippen LogP contribution in [0.2, 0.25) is 0 Å². The molecule has 0 aromatic heterocycles. The van der Waals surface area contributed by atoms with Crippen LogP contribution in [0.15, 0.2) is 0 Å². The maximum absolute atomic E-state index is 12.4. The number of likely N-dealkylation sites (tertiary alicyclic amines) is 1. The zero-order valence-electron chi connectivity index (χ0n) is 11.9. The molecule has 2 aliphatic rings. The van der Waals surface area contributed by atoms with Crippen molar-refractivity contribution >= 4 is 30.7 Å². The summed E-state index contributed by atoms with van der Waals surface area (Å²) in [6.07, 6.45) is 2.33. The normalized spacial score (nSPS) is 23.2. The van der Waals surface area contributed by atoms with Crippen molar-refractivity contribution in [1.29, 1.82) is 0 Å². The van der Waals surface area contributed by atoms with Gasteiger partial charge in [0.05, 0.1) is 6.04 Å². The van der Waals surface area contributed by atoms with E-state index in [0.717, 1.165) is 45.2 Å². The summed E-state index contributed by atoms with van der Waals surface area (Å²) in [5, 5.41) is 3.33. The minimum atomic E-state index is 0. The second-order valence-corrected chi connectivity index (χ2v) is 5.47. The molecule has 19 heavy (non-hydrogen) atoms. The fourth-order valence-corrected chi connectivity index (χ4v) is 2.72. The van der Waals surface area contributed by atoms with Gasteiger partial charge in [-0.3, -0.25) is 9.69 Å². The molecule has 0 aromatic carbocycles. The van der Waals surface area contributed by atoms with Crippen molar-refractivity contribution in [3.63, 3.8) is 0 Å². The van der Waals surface area contributed by atoms with Crippen molar-refractivity contribution in [2.45, 2.75) is 32.7 Å². The van der Waals surface area contributed by atoms with Crippen molar-refractivity contribution in [3.05, 3.63) is 0 Å². The summed E-state index contributed by atoms with van der Waals surface area (Å²) in [6, 6.07) is 0.0607. The van der Waals surface area contributed by atoms with Gasteiger partial charge in [0.15, 0.2) is 0 Å². The molecule has 0 bridgehead atoms. The summed E-state index contributed by atoms with van der Waals surface area (Å²) in [4.78, 5) is 16.7. The van der Waals surface area contributed by atoms with E-state index < -0.39 is 0 Å². The van der Waals surface area contributed by atoms with Crippen LogP contribution in [0.5, 0.6) is 0 Å². The molecule has 0 saturated carbocycles. The van der Waals surface area contributed by atoms with Crippen LogP contribution in [0.1, 0.15) is 26.7 Å². The molecule has 1 unspecified atom stereocenters. The monoisotopic (exact) mass is 311 g/mol. The number of nitrogens with one attached hydrogen (secondary N) is 1. The highest BCUT2D eigenvalue weighted by atomic mass is 35.5. The molecular weight excluding hydrogens is 285 g/mol. The van der Waals surface area contributed by atoms with Gasteiger partial charge >= 0.3 is 0 Å². The third-order valence-electron chi connectivity index (χ3n) is 4.15. The van der Waals surface area contributed by atoms with Crippen LogP contribution >= 0.6 is 24.8 Å². The molecular formula is C13H27Cl2N3O. The van der Waals surface area contributed by atoms with Gasteiger partial charge in [0.2, 0.25) is 5.91 Å². The Hall–Kier alpha value is -0.0300. The minimum Gasteiger partial charge on any atom is -0.341 e. The average molecular weight is 312 g/mol. The third kappa shape index (κ3) is 5.10. The molecule has 4 nitrogen and oxygen atoms in total. The van der Waals surface area contributed by atoms with E-state index in [1.807, 2.05) is 0 Å². The lowest BCUT2D eigenvalue weighted by atomic mass is 9.98. The van der Waals surface area contributed by atoms with Crippen molar-refractivity contribution in [2.75, 3.05) is 39.3 Å². The van der Waals surface area contributed by atoms with Crippen LogP contribution < -0.4 is 5.32 Å². The van der Waals surface area contributed by atoms with Crippen molar-refractivity contribution in [3.8, 4) is 0 Å². The topological polar surface area (TPSA) is 35.6 Å². The summed E-state index contributed by atoms with van der Waals surface area (Å²) >= 11 is 0. The minimum absolute atomic E-state index is 0. The predicted octanol–water partition coefficient (Wildman–Crippen LogP) is 1.38. The average Bonchev–Trinajstić information content (AvgIpc) is 2.39. The van der Waals surface area contributed by atoms with Gasteiger partial charge in [-0.1, -0.05) is 6.92 Å². The largest absolute Gasteiger partial charge is 0.341 e. The Morgan fingerprint density at radius 3 is 2.16 bits per heavy atom. The molecule has 2 aliphatic heterocycles. The third-order valence-corrected chi connectivity index (χ3v) is 4.15. The lowest BCUT2D eigenvalue weighted by Gasteiger charge is -2.37. The van der Waals surface area contributed by atoms with Crippen LogP contribution in [0.4, 0.5) is 0 Å². The molecule has 6 heteroatoms. The fourth-order valence-electron chi connectivity index (χ4n) is 2.72. The van der Waals surface area contributed by atoms with E-state index in [2.05, 4.69) is 29.0 Å². The van der Waals surface area contributed by atoms with Crippen molar-refractivity contribution < 1.29 is 4.79 Å². The van der Waals surface area contributed by atoms with E-state index in [4.69, 9.17) is 0 Å². The van der Waals surface area contributed by atoms with E-state index >= 15 is 0 Å². The molecule has 0 radical (unpaired) electrons. The molecule has 2 heterocycles. The SMILES string of the molecule is CC1CCN(C(=O)C(C)N2CCNCC2)CC1.Cl.Cl. The van der Waals surface area contributed by atoms with Gasteiger partial charge in [-0.2, -0.15) is 0 Å². The van der Waals surface area contributed by atoms with Gasteiger partial charge < -0.3 is 10.2 Å². The van der Waals surface area contributed by atoms with Crippen LogP contribution in [-0.4, -0.2) is 61.0 Å². The zero-order valence-corrected chi connectivity index (χ0v) is 13.6. The van der Waals surface area contributed by atoms with Gasteiger partial charge in [-0.15, -0.1) is 24.8 Å². The maximum Gasteiger partial charge on any atom is 0.239 e. The summed E-state index contributed by atoms with van der Waals surface area (Å²) in [7, 11) is 0. The molecule has 0 aliphatic carbocycles. The fraction of sp³-hybridized carbons (Fsp3) is 0.923. The highest BCUT2D eigenvalue weighted by Gasteiger charge is 2.28. The lowest BCUT2D eigenvalue weighted by molar-refractivity contribution is -0.138. The van der Waals surface area contributed by atoms with Crippen molar-refractivity contribution in [2.24, 2.45) is 5.92 Å². The smallest absolute Gasteiger partial charge is 0.239 e. The van der Waals surface area contributed by atoms with Crippen molar-refractivity contribution in [1.82, 2.24) is 15.1 Å². The van der Waals surface area contributed by atoms with E-state index in [9.17, 15) is 4.79 Å². The standard InChI is InChI=1S/C13H25N3O.2ClH/c1-11-3-7-16(8-4-11)13(17)12(2)15-9-5-14-6-10-15;;/h11-12,14H,3-10H2,1-2H3;2*1H. The number of piperazine rings is 1. The van der Waals surface area contributed by atoms with Gasteiger partial charge in [0.1, 0.15) is 0 Å². The second kappa shape index (κ2) is 9.01. The number of piperidine rings is 1. The van der Waals surface area contributed by atoms with E-state index in [1.54, 1.807) is 0 Å². The number of amides is 1. The lowest BCUT2D eigenvalue weighted by Crippen LogP contribution is -2.54. The van der Waals surface area contributed by atoms with Crippen LogP contribution in [-0.2, 0) is 4.79 Å². The maximum atomic E-state index is 12.4. The molecule has 2 fully saturated rings. The predicted molar refractivity (Wildman–Crippen MR) is 83.4 cm³/mol. The molecule has 1 atom stereocenters. The van der Waals surface area contributed by atoms with Crippen LogP contribution in [0.3, 0.4) is 0 Å². The highest BCUT2D eigenvalue weighted by molar-refractivity contribution is 5.85. The van der Waals surface area contributed by atoms with E-state index in [1.165, 1.54) is 12.8 Å². The Morgan fingerprint density at radius 1 is 1.11 bits per heavy atom. The highest BCUT2D eigenvalue weighted by Crippen LogP contribution is 2.17. The first-order valence-electron chi connectivity index (χ1n) is 6.92. The Kier molecular flexibility index (Phi) is 8.99. The number of carbonyl (C=O) groups is 1.